The average Bonchev–Trinajstić information content (AvgIpc) is 2.54. The van der Waals surface area contributed by atoms with Gasteiger partial charge in [0, 0.05) is 31.4 Å². The summed E-state index contributed by atoms with van der Waals surface area (Å²) in [6.45, 7) is 1.72. The SMILES string of the molecule is CNC(=O)C1CCN(c2ncnc3ccccc23)CC1. The maximum Gasteiger partial charge on any atom is 0.222 e. The summed E-state index contributed by atoms with van der Waals surface area (Å²) >= 11 is 0. The molecule has 1 amide bonds. The number of fused-ring (bicyclic) bond motifs is 1. The quantitative estimate of drug-likeness (QED) is 0.900. The Bertz CT molecular complexity index is 615. The van der Waals surface area contributed by atoms with E-state index in [-0.39, 0.29) is 11.8 Å². The summed E-state index contributed by atoms with van der Waals surface area (Å²) in [7, 11) is 1.70. The van der Waals surface area contributed by atoms with Gasteiger partial charge in [0.1, 0.15) is 12.1 Å². The molecule has 0 radical (unpaired) electrons. The molecule has 1 aromatic carbocycles. The zero-order valence-electron chi connectivity index (χ0n) is 11.5. The van der Waals surface area contributed by atoms with Crippen LogP contribution in [0.15, 0.2) is 30.6 Å². The second-order valence-electron chi connectivity index (χ2n) is 5.09. The Labute approximate surface area is 118 Å². The maximum absolute atomic E-state index is 11.7. The van der Waals surface area contributed by atoms with Crippen molar-refractivity contribution >= 4 is 22.6 Å². The number of rotatable bonds is 2. The first-order chi connectivity index (χ1) is 9.79. The molecule has 0 atom stereocenters. The molecule has 0 bridgehead atoms. The van der Waals surface area contributed by atoms with Gasteiger partial charge in [-0.2, -0.15) is 0 Å². The molecule has 2 aromatic rings. The molecule has 0 unspecified atom stereocenters. The van der Waals surface area contributed by atoms with E-state index in [4.69, 9.17) is 0 Å². The Morgan fingerprint density at radius 1 is 1.25 bits per heavy atom. The zero-order valence-corrected chi connectivity index (χ0v) is 11.5. The van der Waals surface area contributed by atoms with Crippen molar-refractivity contribution in [1.82, 2.24) is 15.3 Å². The molecule has 2 heterocycles. The second-order valence-corrected chi connectivity index (χ2v) is 5.09. The predicted octanol–water partition coefficient (Wildman–Crippen LogP) is 1.59. The smallest absolute Gasteiger partial charge is 0.222 e. The van der Waals surface area contributed by atoms with Crippen molar-refractivity contribution in [2.75, 3.05) is 25.0 Å². The number of hydrogen-bond donors (Lipinski definition) is 1. The minimum absolute atomic E-state index is 0.129. The number of nitrogens with one attached hydrogen (secondary N) is 1. The predicted molar refractivity (Wildman–Crippen MR) is 78.5 cm³/mol. The normalized spacial score (nSPS) is 16.4. The third kappa shape index (κ3) is 2.31. The minimum Gasteiger partial charge on any atom is -0.359 e. The summed E-state index contributed by atoms with van der Waals surface area (Å²) < 4.78 is 0. The van der Waals surface area contributed by atoms with Gasteiger partial charge in [-0.15, -0.1) is 0 Å². The summed E-state index contributed by atoms with van der Waals surface area (Å²) in [5, 5.41) is 3.81. The first kappa shape index (κ1) is 12.8. The Morgan fingerprint density at radius 3 is 2.75 bits per heavy atom. The van der Waals surface area contributed by atoms with Crippen molar-refractivity contribution in [2.45, 2.75) is 12.8 Å². The summed E-state index contributed by atoms with van der Waals surface area (Å²) in [4.78, 5) is 22.6. The van der Waals surface area contributed by atoms with Gasteiger partial charge >= 0.3 is 0 Å². The topological polar surface area (TPSA) is 58.1 Å². The lowest BCUT2D eigenvalue weighted by Crippen LogP contribution is -2.40. The molecule has 104 valence electrons. The first-order valence-electron chi connectivity index (χ1n) is 6.96. The van der Waals surface area contributed by atoms with Gasteiger partial charge < -0.3 is 10.2 Å². The number of para-hydroxylation sites is 1. The van der Waals surface area contributed by atoms with Crippen molar-refractivity contribution < 1.29 is 4.79 Å². The summed E-state index contributed by atoms with van der Waals surface area (Å²) in [5.41, 5.74) is 0.964. The number of carbonyl (C=O) groups is 1. The fourth-order valence-corrected chi connectivity index (χ4v) is 2.80. The summed E-state index contributed by atoms with van der Waals surface area (Å²) in [6, 6.07) is 8.04. The van der Waals surface area contributed by atoms with Gasteiger partial charge in [-0.1, -0.05) is 12.1 Å². The molecule has 5 nitrogen and oxygen atoms in total. The van der Waals surface area contributed by atoms with Crippen LogP contribution in [-0.4, -0.2) is 36.0 Å². The molecule has 1 saturated heterocycles. The van der Waals surface area contributed by atoms with Gasteiger partial charge in [0.2, 0.25) is 5.91 Å². The molecule has 1 aliphatic rings. The third-order valence-electron chi connectivity index (χ3n) is 3.93. The Morgan fingerprint density at radius 2 is 2.00 bits per heavy atom. The highest BCUT2D eigenvalue weighted by atomic mass is 16.1. The van der Waals surface area contributed by atoms with Crippen molar-refractivity contribution in [1.29, 1.82) is 0 Å². The number of piperidine rings is 1. The third-order valence-corrected chi connectivity index (χ3v) is 3.93. The Kier molecular flexibility index (Phi) is 3.50. The van der Waals surface area contributed by atoms with Crippen molar-refractivity contribution in [2.24, 2.45) is 5.92 Å². The molecule has 1 aliphatic heterocycles. The van der Waals surface area contributed by atoms with E-state index in [9.17, 15) is 4.79 Å². The summed E-state index contributed by atoms with van der Waals surface area (Å²) in [6.07, 6.45) is 3.36. The lowest BCUT2D eigenvalue weighted by molar-refractivity contribution is -0.125. The minimum atomic E-state index is 0.129. The van der Waals surface area contributed by atoms with Gasteiger partial charge in [0.25, 0.3) is 0 Å². The molecule has 0 saturated carbocycles. The number of anilines is 1. The maximum atomic E-state index is 11.7. The van der Waals surface area contributed by atoms with Gasteiger partial charge in [0.05, 0.1) is 5.52 Å². The van der Waals surface area contributed by atoms with Crippen LogP contribution in [0, 0.1) is 5.92 Å². The number of amides is 1. The van der Waals surface area contributed by atoms with E-state index in [1.165, 1.54) is 0 Å². The van der Waals surface area contributed by atoms with Crippen molar-refractivity contribution in [3.63, 3.8) is 0 Å². The average molecular weight is 270 g/mol. The molecule has 0 aliphatic carbocycles. The van der Waals surface area contributed by atoms with Crippen LogP contribution in [0.4, 0.5) is 5.82 Å². The Balaban J connectivity index is 1.82. The van der Waals surface area contributed by atoms with Crippen LogP contribution in [0.1, 0.15) is 12.8 Å². The highest BCUT2D eigenvalue weighted by Gasteiger charge is 2.25. The standard InChI is InChI=1S/C15H18N4O/c1-16-15(20)11-6-8-19(9-7-11)14-12-4-2-3-5-13(12)17-10-18-14/h2-5,10-11H,6-9H2,1H3,(H,16,20). The number of nitrogens with zero attached hydrogens (tertiary/aromatic N) is 3. The van der Waals surface area contributed by atoms with Crippen LogP contribution in [0.3, 0.4) is 0 Å². The molecule has 3 rings (SSSR count). The van der Waals surface area contributed by atoms with E-state index in [0.29, 0.717) is 0 Å². The molecule has 1 aromatic heterocycles. The van der Waals surface area contributed by atoms with Crippen molar-refractivity contribution in [3.05, 3.63) is 30.6 Å². The van der Waals surface area contributed by atoms with E-state index >= 15 is 0 Å². The van der Waals surface area contributed by atoms with Gasteiger partial charge in [0.15, 0.2) is 0 Å². The molecular formula is C15H18N4O. The van der Waals surface area contributed by atoms with Crippen LogP contribution in [0.25, 0.3) is 10.9 Å². The molecule has 1 fully saturated rings. The van der Waals surface area contributed by atoms with E-state index in [2.05, 4.69) is 26.3 Å². The van der Waals surface area contributed by atoms with Gasteiger partial charge in [-0.3, -0.25) is 4.79 Å². The van der Waals surface area contributed by atoms with Crippen LogP contribution in [-0.2, 0) is 4.79 Å². The largest absolute Gasteiger partial charge is 0.359 e. The highest BCUT2D eigenvalue weighted by Crippen LogP contribution is 2.27. The van der Waals surface area contributed by atoms with E-state index in [0.717, 1.165) is 42.7 Å². The Hall–Kier alpha value is -2.17. The van der Waals surface area contributed by atoms with Gasteiger partial charge in [-0.05, 0) is 25.0 Å². The fourth-order valence-electron chi connectivity index (χ4n) is 2.80. The molecular weight excluding hydrogens is 252 g/mol. The molecule has 1 N–H and O–H groups in total. The number of aromatic nitrogens is 2. The van der Waals surface area contributed by atoms with Crippen LogP contribution in [0.5, 0.6) is 0 Å². The van der Waals surface area contributed by atoms with Crippen LogP contribution < -0.4 is 10.2 Å². The fraction of sp³-hybridized carbons (Fsp3) is 0.400. The highest BCUT2D eigenvalue weighted by molar-refractivity contribution is 5.89. The summed E-state index contributed by atoms with van der Waals surface area (Å²) in [5.74, 6) is 1.26. The lowest BCUT2D eigenvalue weighted by Gasteiger charge is -2.32. The van der Waals surface area contributed by atoms with Crippen LogP contribution in [0.2, 0.25) is 0 Å². The van der Waals surface area contributed by atoms with Gasteiger partial charge in [-0.25, -0.2) is 9.97 Å². The monoisotopic (exact) mass is 270 g/mol. The lowest BCUT2D eigenvalue weighted by atomic mass is 9.96. The second kappa shape index (κ2) is 5.45. The number of hydrogen-bond acceptors (Lipinski definition) is 4. The van der Waals surface area contributed by atoms with E-state index in [1.54, 1.807) is 13.4 Å². The van der Waals surface area contributed by atoms with E-state index < -0.39 is 0 Å². The number of benzene rings is 1. The zero-order chi connectivity index (χ0) is 13.9. The first-order valence-corrected chi connectivity index (χ1v) is 6.96. The number of carbonyl (C=O) groups excluding carboxylic acids is 1. The van der Waals surface area contributed by atoms with Crippen LogP contribution >= 0.6 is 0 Å². The molecule has 5 heteroatoms. The van der Waals surface area contributed by atoms with Crippen molar-refractivity contribution in [3.8, 4) is 0 Å². The van der Waals surface area contributed by atoms with E-state index in [1.807, 2.05) is 18.2 Å². The molecule has 0 spiro atoms. The molecule has 20 heavy (non-hydrogen) atoms.